The van der Waals surface area contributed by atoms with Gasteiger partial charge in [0.25, 0.3) is 0 Å². The SMILES string of the molecule is O=C1[C@H]2CC=CC[C@H]2C(=O)N1CCCCl. The first-order valence-electron chi connectivity index (χ1n) is 5.32. The van der Waals surface area contributed by atoms with Crippen LogP contribution in [0.4, 0.5) is 0 Å². The second-order valence-electron chi connectivity index (χ2n) is 4.03. The molecule has 0 spiro atoms. The molecule has 0 aromatic rings. The van der Waals surface area contributed by atoms with Gasteiger partial charge in [-0.25, -0.2) is 0 Å². The Hall–Kier alpha value is -0.830. The molecule has 15 heavy (non-hydrogen) atoms. The quantitative estimate of drug-likeness (QED) is 0.417. The highest BCUT2D eigenvalue weighted by molar-refractivity contribution is 6.17. The number of allylic oxidation sites excluding steroid dienone is 2. The first kappa shape index (κ1) is 10.7. The molecule has 82 valence electrons. The molecule has 0 saturated carbocycles. The van der Waals surface area contributed by atoms with Crippen molar-refractivity contribution >= 4 is 23.4 Å². The first-order chi connectivity index (χ1) is 7.25. The van der Waals surface area contributed by atoms with Crippen molar-refractivity contribution in [1.82, 2.24) is 4.90 Å². The summed E-state index contributed by atoms with van der Waals surface area (Å²) in [6, 6.07) is 0. The van der Waals surface area contributed by atoms with Crippen molar-refractivity contribution in [3.63, 3.8) is 0 Å². The molecule has 0 bridgehead atoms. The summed E-state index contributed by atoms with van der Waals surface area (Å²) >= 11 is 5.57. The maximum absolute atomic E-state index is 11.9. The lowest BCUT2D eigenvalue weighted by molar-refractivity contribution is -0.139. The molecule has 1 saturated heterocycles. The number of imide groups is 1. The minimum Gasteiger partial charge on any atom is -0.282 e. The zero-order valence-corrected chi connectivity index (χ0v) is 9.24. The number of amides is 2. The molecule has 0 aromatic carbocycles. The molecule has 1 aliphatic heterocycles. The smallest absolute Gasteiger partial charge is 0.233 e. The van der Waals surface area contributed by atoms with Gasteiger partial charge in [-0.1, -0.05) is 12.2 Å². The average Bonchev–Trinajstić information content (AvgIpc) is 2.51. The maximum atomic E-state index is 11.9. The van der Waals surface area contributed by atoms with E-state index in [0.717, 1.165) is 0 Å². The third-order valence-corrected chi connectivity index (χ3v) is 3.38. The normalized spacial score (nSPS) is 29.8. The lowest BCUT2D eigenvalue weighted by Gasteiger charge is -2.14. The van der Waals surface area contributed by atoms with Gasteiger partial charge in [0.2, 0.25) is 11.8 Å². The van der Waals surface area contributed by atoms with E-state index >= 15 is 0 Å². The van der Waals surface area contributed by atoms with Crippen molar-refractivity contribution in [3.05, 3.63) is 12.2 Å². The number of carbonyl (C=O) groups is 2. The highest BCUT2D eigenvalue weighted by atomic mass is 35.5. The third-order valence-electron chi connectivity index (χ3n) is 3.11. The maximum Gasteiger partial charge on any atom is 0.233 e. The molecule has 2 aliphatic rings. The van der Waals surface area contributed by atoms with E-state index < -0.39 is 0 Å². The molecule has 0 radical (unpaired) electrons. The molecule has 2 rings (SSSR count). The van der Waals surface area contributed by atoms with Crippen LogP contribution in [0.1, 0.15) is 19.3 Å². The summed E-state index contributed by atoms with van der Waals surface area (Å²) in [5, 5.41) is 0. The average molecular weight is 228 g/mol. The van der Waals surface area contributed by atoms with Crippen LogP contribution < -0.4 is 0 Å². The van der Waals surface area contributed by atoms with Crippen molar-refractivity contribution in [3.8, 4) is 0 Å². The third kappa shape index (κ3) is 1.81. The number of rotatable bonds is 3. The van der Waals surface area contributed by atoms with Crippen molar-refractivity contribution in [1.29, 1.82) is 0 Å². The number of likely N-dealkylation sites (tertiary alicyclic amines) is 1. The minimum atomic E-state index is -0.0992. The molecule has 3 nitrogen and oxygen atoms in total. The van der Waals surface area contributed by atoms with Crippen LogP contribution in [-0.2, 0) is 9.59 Å². The Labute approximate surface area is 94.1 Å². The molecule has 2 amide bonds. The first-order valence-corrected chi connectivity index (χ1v) is 5.85. The number of halogens is 1. The summed E-state index contributed by atoms with van der Waals surface area (Å²) in [5.41, 5.74) is 0. The van der Waals surface area contributed by atoms with Crippen molar-refractivity contribution in [2.24, 2.45) is 11.8 Å². The summed E-state index contributed by atoms with van der Waals surface area (Å²) in [6.07, 6.45) is 6.11. The Morgan fingerprint density at radius 3 is 2.20 bits per heavy atom. The number of hydrogen-bond acceptors (Lipinski definition) is 2. The summed E-state index contributed by atoms with van der Waals surface area (Å²) < 4.78 is 0. The fourth-order valence-electron chi connectivity index (χ4n) is 2.31. The minimum absolute atomic E-state index is 0.000494. The van der Waals surface area contributed by atoms with Gasteiger partial charge >= 0.3 is 0 Å². The van der Waals surface area contributed by atoms with Crippen molar-refractivity contribution in [2.45, 2.75) is 19.3 Å². The molecular weight excluding hydrogens is 214 g/mol. The Kier molecular flexibility index (Phi) is 3.10. The Bertz CT molecular complexity index is 288. The van der Waals surface area contributed by atoms with Crippen LogP contribution in [0.5, 0.6) is 0 Å². The topological polar surface area (TPSA) is 37.4 Å². The fraction of sp³-hybridized carbons (Fsp3) is 0.636. The van der Waals surface area contributed by atoms with Gasteiger partial charge in [0.15, 0.2) is 0 Å². The highest BCUT2D eigenvalue weighted by Crippen LogP contribution is 2.34. The lowest BCUT2D eigenvalue weighted by Crippen LogP contribution is -2.32. The van der Waals surface area contributed by atoms with Gasteiger partial charge in [-0.2, -0.15) is 0 Å². The van der Waals surface area contributed by atoms with E-state index in [2.05, 4.69) is 0 Å². The van der Waals surface area contributed by atoms with E-state index in [-0.39, 0.29) is 23.7 Å². The number of hydrogen-bond donors (Lipinski definition) is 0. The van der Waals surface area contributed by atoms with Gasteiger partial charge in [0.1, 0.15) is 0 Å². The van der Waals surface area contributed by atoms with E-state index in [4.69, 9.17) is 11.6 Å². The molecule has 0 N–H and O–H groups in total. The van der Waals surface area contributed by atoms with E-state index in [1.54, 1.807) is 0 Å². The summed E-state index contributed by atoms with van der Waals surface area (Å²) in [4.78, 5) is 25.2. The van der Waals surface area contributed by atoms with Gasteiger partial charge < -0.3 is 0 Å². The second-order valence-corrected chi connectivity index (χ2v) is 4.40. The van der Waals surface area contributed by atoms with E-state index in [1.165, 1.54) is 4.90 Å². The summed E-state index contributed by atoms with van der Waals surface area (Å²) in [6.45, 7) is 0.480. The van der Waals surface area contributed by atoms with Crippen LogP contribution in [0.3, 0.4) is 0 Å². The van der Waals surface area contributed by atoms with E-state index in [9.17, 15) is 9.59 Å². The Morgan fingerprint density at radius 2 is 1.73 bits per heavy atom. The molecule has 0 aromatic heterocycles. The standard InChI is InChI=1S/C11H14ClNO2/c12-6-3-7-13-10(14)8-4-1-2-5-9(8)11(13)15/h1-2,8-9H,3-7H2/t8-,9+. The van der Waals surface area contributed by atoms with Crippen LogP contribution in [0, 0.1) is 11.8 Å². The zero-order chi connectivity index (χ0) is 10.8. The van der Waals surface area contributed by atoms with Crippen LogP contribution in [0.2, 0.25) is 0 Å². The Balaban J connectivity index is 2.10. The van der Waals surface area contributed by atoms with E-state index in [1.807, 2.05) is 12.2 Å². The molecule has 2 atom stereocenters. The van der Waals surface area contributed by atoms with E-state index in [0.29, 0.717) is 31.7 Å². The molecule has 1 heterocycles. The largest absolute Gasteiger partial charge is 0.282 e. The molecular formula is C11H14ClNO2. The van der Waals surface area contributed by atoms with Gasteiger partial charge in [-0.05, 0) is 19.3 Å². The number of carbonyl (C=O) groups excluding carboxylic acids is 2. The predicted molar refractivity (Wildman–Crippen MR) is 57.4 cm³/mol. The number of alkyl halides is 1. The molecule has 1 fully saturated rings. The lowest BCUT2D eigenvalue weighted by atomic mass is 9.85. The van der Waals surface area contributed by atoms with Crippen LogP contribution in [0.15, 0.2) is 12.2 Å². The van der Waals surface area contributed by atoms with Gasteiger partial charge in [0, 0.05) is 12.4 Å². The number of nitrogens with zero attached hydrogens (tertiary/aromatic N) is 1. The van der Waals surface area contributed by atoms with Crippen molar-refractivity contribution < 1.29 is 9.59 Å². The zero-order valence-electron chi connectivity index (χ0n) is 8.49. The molecule has 0 unspecified atom stereocenters. The van der Waals surface area contributed by atoms with Gasteiger partial charge in [0.05, 0.1) is 11.8 Å². The monoisotopic (exact) mass is 227 g/mol. The van der Waals surface area contributed by atoms with Crippen LogP contribution >= 0.6 is 11.6 Å². The molecule has 1 aliphatic carbocycles. The van der Waals surface area contributed by atoms with Gasteiger partial charge in [-0.3, -0.25) is 14.5 Å². The summed E-state index contributed by atoms with van der Waals surface area (Å²) in [5.74, 6) is 0.291. The van der Waals surface area contributed by atoms with Gasteiger partial charge in [-0.15, -0.1) is 11.6 Å². The second kappa shape index (κ2) is 4.35. The number of fused-ring (bicyclic) bond motifs is 1. The van der Waals surface area contributed by atoms with Crippen LogP contribution in [-0.4, -0.2) is 29.1 Å². The summed E-state index contributed by atoms with van der Waals surface area (Å²) in [7, 11) is 0. The van der Waals surface area contributed by atoms with Crippen molar-refractivity contribution in [2.75, 3.05) is 12.4 Å². The molecule has 4 heteroatoms. The highest BCUT2D eigenvalue weighted by Gasteiger charge is 2.46. The van der Waals surface area contributed by atoms with Crippen LogP contribution in [0.25, 0.3) is 0 Å². The predicted octanol–water partition coefficient (Wildman–Crippen LogP) is 1.57. The Morgan fingerprint density at radius 1 is 1.20 bits per heavy atom. The fourth-order valence-corrected chi connectivity index (χ4v) is 2.43.